The first-order chi connectivity index (χ1) is 7.34. The van der Waals surface area contributed by atoms with Gasteiger partial charge in [0.15, 0.2) is 0 Å². The second kappa shape index (κ2) is 12.4. The van der Waals surface area contributed by atoms with Gasteiger partial charge in [-0.3, -0.25) is 0 Å². The zero-order chi connectivity index (χ0) is 10.9. The normalized spacial score (nSPS) is 9.53. The van der Waals surface area contributed by atoms with E-state index in [1.807, 2.05) is 17.3 Å². The van der Waals surface area contributed by atoms with Gasteiger partial charge in [-0.1, -0.05) is 21.8 Å². The van der Waals surface area contributed by atoms with Crippen LogP contribution < -0.4 is 0 Å². The van der Waals surface area contributed by atoms with Crippen molar-refractivity contribution in [2.75, 3.05) is 24.7 Å². The maximum Gasteiger partial charge on any atom is 0.0797 e. The zero-order valence-electron chi connectivity index (χ0n) is 9.49. The van der Waals surface area contributed by atoms with Gasteiger partial charge < -0.3 is 4.74 Å². The first-order valence-corrected chi connectivity index (χ1v) is 7.42. The van der Waals surface area contributed by atoms with Gasteiger partial charge in [0, 0.05) is 17.9 Å². The van der Waals surface area contributed by atoms with E-state index < -0.39 is 0 Å². The minimum atomic E-state index is 0. The fourth-order valence-corrected chi connectivity index (χ4v) is 2.61. The Morgan fingerprint density at radius 2 is 2.12 bits per heavy atom. The lowest BCUT2D eigenvalue weighted by molar-refractivity contribution is 0.139. The Hall–Kier alpha value is -0.0600. The van der Waals surface area contributed by atoms with Crippen LogP contribution in [-0.2, 0) is 11.2 Å². The van der Waals surface area contributed by atoms with Crippen LogP contribution in [0.5, 0.6) is 0 Å². The Morgan fingerprint density at radius 1 is 1.35 bits per heavy atom. The molecule has 0 radical (unpaired) electrons. The molecule has 0 N–H and O–H groups in total. The Morgan fingerprint density at radius 3 is 2.71 bits per heavy atom. The second-order valence-corrected chi connectivity index (χ2v) is 5.61. The van der Waals surface area contributed by atoms with Gasteiger partial charge in [-0.15, -0.1) is 11.3 Å². The maximum absolute atomic E-state index is 5.57. The van der Waals surface area contributed by atoms with Crippen LogP contribution in [0.4, 0.5) is 0 Å². The number of ether oxygens (including phenoxy) is 1. The van der Waals surface area contributed by atoms with Crippen LogP contribution in [0.15, 0.2) is 5.51 Å². The summed E-state index contributed by atoms with van der Waals surface area (Å²) in [6, 6.07) is 0. The molecule has 0 aliphatic rings. The third-order valence-electron chi connectivity index (χ3n) is 2.10. The molecule has 2 nitrogen and oxygen atoms in total. The van der Waals surface area contributed by atoms with E-state index in [0.29, 0.717) is 0 Å². The molecule has 4 heteroatoms. The van der Waals surface area contributed by atoms with Gasteiger partial charge in [0.2, 0.25) is 0 Å². The van der Waals surface area contributed by atoms with E-state index in [2.05, 4.69) is 18.8 Å². The smallest absolute Gasteiger partial charge is 0.0797 e. The van der Waals surface area contributed by atoms with Crippen molar-refractivity contribution >= 4 is 23.1 Å². The Bertz CT molecular complexity index is 264. The van der Waals surface area contributed by atoms with Crippen LogP contribution in [0.25, 0.3) is 0 Å². The quantitative estimate of drug-likeness (QED) is 0.656. The molecule has 0 unspecified atom stereocenters. The number of nitrogens with zero attached hydrogens (tertiary/aromatic N) is 1. The number of hydrogen-bond acceptors (Lipinski definition) is 4. The van der Waals surface area contributed by atoms with Crippen LogP contribution in [0.2, 0.25) is 0 Å². The average molecular weight is 277 g/mol. The molecule has 1 aromatic rings. The first kappa shape index (κ1) is 19.3. The summed E-state index contributed by atoms with van der Waals surface area (Å²) >= 11 is 3.70. The number of thiazole rings is 1. The fraction of sp³-hybridized carbons (Fsp3) is 0.769. The lowest BCUT2D eigenvalue weighted by atomic mass is 10.3. The summed E-state index contributed by atoms with van der Waals surface area (Å²) in [5.41, 5.74) is 3.06. The Kier molecular flexibility index (Phi) is 14.1. The van der Waals surface area contributed by atoms with E-state index >= 15 is 0 Å². The average Bonchev–Trinajstić information content (AvgIpc) is 2.63. The Balaban J connectivity index is 0. The van der Waals surface area contributed by atoms with Crippen LogP contribution in [0.3, 0.4) is 0 Å². The van der Waals surface area contributed by atoms with E-state index in [1.54, 1.807) is 11.3 Å². The molecule has 0 aliphatic heterocycles. The van der Waals surface area contributed by atoms with E-state index in [-0.39, 0.29) is 14.9 Å². The predicted octanol–water partition coefficient (Wildman–Crippen LogP) is 4.43. The van der Waals surface area contributed by atoms with Crippen molar-refractivity contribution in [1.29, 1.82) is 0 Å². The van der Waals surface area contributed by atoms with Gasteiger partial charge in [0.1, 0.15) is 0 Å². The van der Waals surface area contributed by atoms with E-state index in [9.17, 15) is 0 Å². The molecule has 0 saturated carbocycles. The maximum atomic E-state index is 5.57. The summed E-state index contributed by atoms with van der Waals surface area (Å²) in [6.07, 6.45) is 2.18. The standard InChI is InChI=1S/C11H19NOS2.2CH4/c1-3-14-8-4-6-13-7-5-11-10(2)12-9-15-11;;/h9H,3-8H2,1-2H3;2*1H4. The van der Waals surface area contributed by atoms with Gasteiger partial charge in [0.25, 0.3) is 0 Å². The van der Waals surface area contributed by atoms with Crippen molar-refractivity contribution < 1.29 is 4.74 Å². The van der Waals surface area contributed by atoms with Crippen molar-refractivity contribution in [3.05, 3.63) is 16.1 Å². The minimum Gasteiger partial charge on any atom is -0.381 e. The fourth-order valence-electron chi connectivity index (χ4n) is 1.24. The van der Waals surface area contributed by atoms with Gasteiger partial charge in [-0.25, -0.2) is 4.98 Å². The largest absolute Gasteiger partial charge is 0.381 e. The highest BCUT2D eigenvalue weighted by Gasteiger charge is 2.00. The third-order valence-corrected chi connectivity index (χ3v) is 4.08. The van der Waals surface area contributed by atoms with Gasteiger partial charge in [0.05, 0.1) is 17.8 Å². The van der Waals surface area contributed by atoms with Gasteiger partial charge in [-0.05, 0) is 24.9 Å². The molecule has 0 atom stereocenters. The summed E-state index contributed by atoms with van der Waals surface area (Å²) in [6.45, 7) is 5.98. The molecule has 1 heterocycles. The predicted molar refractivity (Wildman–Crippen MR) is 82.5 cm³/mol. The van der Waals surface area contributed by atoms with Crippen LogP contribution in [0.1, 0.15) is 38.8 Å². The first-order valence-electron chi connectivity index (χ1n) is 5.39. The minimum absolute atomic E-state index is 0. The molecule has 0 spiro atoms. The highest BCUT2D eigenvalue weighted by molar-refractivity contribution is 7.99. The number of rotatable bonds is 8. The summed E-state index contributed by atoms with van der Waals surface area (Å²) in [7, 11) is 0. The summed E-state index contributed by atoms with van der Waals surface area (Å²) < 4.78 is 5.57. The molecule has 0 saturated heterocycles. The number of aromatic nitrogens is 1. The number of thioether (sulfide) groups is 1. The van der Waals surface area contributed by atoms with Crippen molar-refractivity contribution in [2.24, 2.45) is 0 Å². The van der Waals surface area contributed by atoms with E-state index in [4.69, 9.17) is 4.74 Å². The molecule has 0 aromatic carbocycles. The third kappa shape index (κ3) is 8.63. The molecule has 0 aliphatic carbocycles. The van der Waals surface area contributed by atoms with Crippen LogP contribution >= 0.6 is 23.1 Å². The summed E-state index contributed by atoms with van der Waals surface area (Å²) in [5, 5.41) is 0. The highest BCUT2D eigenvalue weighted by Crippen LogP contribution is 2.12. The monoisotopic (exact) mass is 277 g/mol. The molecule has 0 bridgehead atoms. The molecule has 1 rings (SSSR count). The molecule has 17 heavy (non-hydrogen) atoms. The van der Waals surface area contributed by atoms with Crippen LogP contribution in [0, 0.1) is 6.92 Å². The molecular weight excluding hydrogens is 250 g/mol. The van der Waals surface area contributed by atoms with E-state index in [1.165, 1.54) is 22.8 Å². The second-order valence-electron chi connectivity index (χ2n) is 3.27. The van der Waals surface area contributed by atoms with Crippen molar-refractivity contribution in [1.82, 2.24) is 4.98 Å². The molecule has 0 amide bonds. The summed E-state index contributed by atoms with van der Waals surface area (Å²) in [5.74, 6) is 2.43. The van der Waals surface area contributed by atoms with Gasteiger partial charge in [-0.2, -0.15) is 11.8 Å². The molecule has 1 aromatic heterocycles. The Labute approximate surface area is 115 Å². The molecule has 102 valence electrons. The lowest BCUT2D eigenvalue weighted by Crippen LogP contribution is -2.01. The topological polar surface area (TPSA) is 22.1 Å². The van der Waals surface area contributed by atoms with Gasteiger partial charge >= 0.3 is 0 Å². The van der Waals surface area contributed by atoms with Crippen molar-refractivity contribution in [3.8, 4) is 0 Å². The van der Waals surface area contributed by atoms with E-state index in [0.717, 1.165) is 25.3 Å². The molecule has 0 fully saturated rings. The summed E-state index contributed by atoms with van der Waals surface area (Å²) in [4.78, 5) is 5.57. The number of aryl methyl sites for hydroxylation is 1. The molecular formula is C13H27NOS2. The van der Waals surface area contributed by atoms with Crippen molar-refractivity contribution in [2.45, 2.75) is 41.5 Å². The van der Waals surface area contributed by atoms with Crippen LogP contribution in [-0.4, -0.2) is 29.7 Å². The van der Waals surface area contributed by atoms with Crippen molar-refractivity contribution in [3.63, 3.8) is 0 Å². The SMILES string of the molecule is C.C.CCSCCCOCCc1scnc1C. The lowest BCUT2D eigenvalue weighted by Gasteiger charge is -2.03. The number of hydrogen-bond donors (Lipinski definition) is 0. The highest BCUT2D eigenvalue weighted by atomic mass is 32.2. The zero-order valence-corrected chi connectivity index (χ0v) is 11.1.